The molecule has 1 unspecified atom stereocenters. The molecule has 0 aromatic heterocycles. The molecule has 1 atom stereocenters. The van der Waals surface area contributed by atoms with Crippen LogP contribution in [0.2, 0.25) is 0 Å². The van der Waals surface area contributed by atoms with Crippen LogP contribution in [0.5, 0.6) is 0 Å². The Morgan fingerprint density at radius 3 is 1.52 bits per heavy atom. The molecule has 1 aliphatic rings. The first-order valence-electron chi connectivity index (χ1n) is 8.16. The fourth-order valence-corrected chi connectivity index (χ4v) is 2.93. The smallest absolute Gasteiger partial charge is 0.143 e. The molecule has 0 N–H and O–H groups in total. The first-order valence-corrected chi connectivity index (χ1v) is 8.16. The molecule has 0 spiro atoms. The molecule has 0 fully saturated rings. The van der Waals surface area contributed by atoms with Gasteiger partial charge in [0.05, 0.1) is 8.41 Å². The van der Waals surface area contributed by atoms with Crippen LogP contribution in [-0.2, 0) is 4.74 Å². The summed E-state index contributed by atoms with van der Waals surface area (Å²) in [6.07, 6.45) is 4.24. The molecule has 6 heteroatoms. The minimum absolute atomic E-state index is 0. The van der Waals surface area contributed by atoms with E-state index in [-0.39, 0.29) is 33.3 Å². The lowest BCUT2D eigenvalue weighted by Gasteiger charge is -2.24. The summed E-state index contributed by atoms with van der Waals surface area (Å²) in [7, 11) is 0. The monoisotopic (exact) mass is 404 g/mol. The second-order valence-corrected chi connectivity index (χ2v) is 5.81. The molecule has 154 valence electrons. The summed E-state index contributed by atoms with van der Waals surface area (Å²) in [6.45, 7) is 0. The van der Waals surface area contributed by atoms with Crippen molar-refractivity contribution in [3.05, 3.63) is 120 Å². The van der Waals surface area contributed by atoms with Crippen LogP contribution in [-0.4, -0.2) is 8.41 Å². The number of allylic oxidation sites excluding steroid dienone is 2. The van der Waals surface area contributed by atoms with E-state index in [0.29, 0.717) is 0 Å². The zero-order valence-corrected chi connectivity index (χ0v) is 14.9. The van der Waals surface area contributed by atoms with Gasteiger partial charge in [0.15, 0.2) is 0 Å². The Kier molecular flexibility index (Phi) is 12.5. The number of rotatable bonds is 3. The van der Waals surface area contributed by atoms with Crippen LogP contribution in [0.4, 0.5) is 18.8 Å². The summed E-state index contributed by atoms with van der Waals surface area (Å²) in [6, 6.07) is 31.1. The highest BCUT2D eigenvalue weighted by Crippen LogP contribution is 2.36. The van der Waals surface area contributed by atoms with Gasteiger partial charge in [-0.2, -0.15) is 0 Å². The molecule has 3 aromatic rings. The van der Waals surface area contributed by atoms with Crippen molar-refractivity contribution in [2.75, 3.05) is 0 Å². The van der Waals surface area contributed by atoms with Crippen molar-refractivity contribution in [2.24, 2.45) is 0 Å². The van der Waals surface area contributed by atoms with Gasteiger partial charge in [-0.25, -0.2) is 0 Å². The maximum absolute atomic E-state index is 6.29. The van der Waals surface area contributed by atoms with Gasteiger partial charge in [-0.3, -0.25) is 18.8 Å². The fraction of sp³-hybridized carbons (Fsp3) is 0.0435. The van der Waals surface area contributed by atoms with Crippen molar-refractivity contribution >= 4 is 19.7 Å². The topological polar surface area (TPSA) is 9.23 Å². The third-order valence-corrected chi connectivity index (χ3v) is 4.16. The van der Waals surface area contributed by atoms with Crippen molar-refractivity contribution in [3.63, 3.8) is 0 Å². The lowest BCUT2D eigenvalue weighted by atomic mass is 9.97. The zero-order valence-electron chi connectivity index (χ0n) is 14.9. The van der Waals surface area contributed by atoms with E-state index in [9.17, 15) is 0 Å². The normalized spacial score (nSPS) is 13.9. The van der Waals surface area contributed by atoms with Crippen LogP contribution < -0.4 is 0 Å². The SMILES string of the molecule is B.C1=C(c2ccccc2)C=C(c2ccccc2)OC1c1ccccc1.F.F.F.F. The molecule has 0 radical (unpaired) electrons. The third kappa shape index (κ3) is 6.38. The van der Waals surface area contributed by atoms with Crippen LogP contribution in [0.15, 0.2) is 103 Å². The molecule has 4 rings (SSSR count). The standard InChI is InChI=1S/C23H18O.BH3.4FH/c1-4-10-18(11-5-1)21-16-22(19-12-6-2-7-13-19)24-23(17-21)20-14-8-3-9-15-20;;;;;/h1-17,22H;1H3;4*1H. The summed E-state index contributed by atoms with van der Waals surface area (Å²) in [5.74, 6) is 0.908. The third-order valence-electron chi connectivity index (χ3n) is 4.16. The minimum atomic E-state index is -0.0818. The first kappa shape index (κ1) is 27.9. The summed E-state index contributed by atoms with van der Waals surface area (Å²) < 4.78 is 6.29. The van der Waals surface area contributed by atoms with E-state index < -0.39 is 0 Å². The Morgan fingerprint density at radius 2 is 1.00 bits per heavy atom. The molecule has 1 heterocycles. The molecule has 0 bridgehead atoms. The van der Waals surface area contributed by atoms with E-state index in [0.717, 1.165) is 16.9 Å². The van der Waals surface area contributed by atoms with Crippen LogP contribution in [0.1, 0.15) is 22.8 Å². The number of halogens is 4. The lowest BCUT2D eigenvalue weighted by molar-refractivity contribution is 0.213. The van der Waals surface area contributed by atoms with Gasteiger partial charge in [-0.05, 0) is 28.9 Å². The van der Waals surface area contributed by atoms with Crippen LogP contribution in [0, 0.1) is 0 Å². The van der Waals surface area contributed by atoms with Gasteiger partial charge < -0.3 is 4.74 Å². The van der Waals surface area contributed by atoms with Gasteiger partial charge in [0.1, 0.15) is 11.9 Å². The van der Waals surface area contributed by atoms with Gasteiger partial charge >= 0.3 is 0 Å². The minimum Gasteiger partial charge on any atom is -0.481 e. The van der Waals surface area contributed by atoms with Crippen molar-refractivity contribution in [3.8, 4) is 0 Å². The molecular formula is C23H25BF4O. The van der Waals surface area contributed by atoms with E-state index in [2.05, 4.69) is 72.8 Å². The maximum Gasteiger partial charge on any atom is 0.143 e. The second kappa shape index (κ2) is 13.0. The Morgan fingerprint density at radius 1 is 0.552 bits per heavy atom. The van der Waals surface area contributed by atoms with Gasteiger partial charge in [-0.1, -0.05) is 91.0 Å². The zero-order chi connectivity index (χ0) is 16.2. The van der Waals surface area contributed by atoms with Crippen molar-refractivity contribution in [2.45, 2.75) is 6.10 Å². The summed E-state index contributed by atoms with van der Waals surface area (Å²) in [5, 5.41) is 0. The van der Waals surface area contributed by atoms with E-state index in [1.165, 1.54) is 11.1 Å². The number of hydrogen-bond acceptors (Lipinski definition) is 1. The summed E-state index contributed by atoms with van der Waals surface area (Å²) in [5.41, 5.74) is 4.65. The molecule has 29 heavy (non-hydrogen) atoms. The highest BCUT2D eigenvalue weighted by molar-refractivity contribution is 5.84. The highest BCUT2D eigenvalue weighted by Gasteiger charge is 2.19. The van der Waals surface area contributed by atoms with Crippen molar-refractivity contribution in [1.29, 1.82) is 0 Å². The van der Waals surface area contributed by atoms with E-state index in [1.54, 1.807) is 0 Å². The average molecular weight is 404 g/mol. The molecule has 0 saturated carbocycles. The quantitative estimate of drug-likeness (QED) is 0.425. The largest absolute Gasteiger partial charge is 0.481 e. The summed E-state index contributed by atoms with van der Waals surface area (Å²) >= 11 is 0. The number of hydrogen-bond donors (Lipinski definition) is 0. The molecule has 0 amide bonds. The van der Waals surface area contributed by atoms with Gasteiger partial charge in [-0.15, -0.1) is 0 Å². The second-order valence-electron chi connectivity index (χ2n) is 5.81. The molecule has 0 aliphatic carbocycles. The van der Waals surface area contributed by atoms with Crippen molar-refractivity contribution < 1.29 is 23.6 Å². The maximum atomic E-state index is 6.29. The Bertz CT molecular complexity index is 885. The van der Waals surface area contributed by atoms with Crippen molar-refractivity contribution in [1.82, 2.24) is 0 Å². The molecule has 0 saturated heterocycles. The van der Waals surface area contributed by atoms with Gasteiger partial charge in [0, 0.05) is 5.56 Å². The highest BCUT2D eigenvalue weighted by atomic mass is 19.0. The van der Waals surface area contributed by atoms with Crippen LogP contribution >= 0.6 is 0 Å². The van der Waals surface area contributed by atoms with Crippen LogP contribution in [0.3, 0.4) is 0 Å². The Balaban J connectivity index is 0. The Labute approximate surface area is 169 Å². The number of ether oxygens (including phenoxy) is 1. The van der Waals surface area contributed by atoms with E-state index in [4.69, 9.17) is 4.74 Å². The predicted octanol–water partition coefficient (Wildman–Crippen LogP) is 5.31. The molecular weight excluding hydrogens is 379 g/mol. The lowest BCUT2D eigenvalue weighted by Crippen LogP contribution is -2.06. The molecule has 1 nitrogen and oxygen atoms in total. The predicted molar refractivity (Wildman–Crippen MR) is 119 cm³/mol. The Hall–Kier alpha value is -3.28. The van der Waals surface area contributed by atoms with Gasteiger partial charge in [0.25, 0.3) is 0 Å². The molecule has 1 aliphatic heterocycles. The van der Waals surface area contributed by atoms with E-state index in [1.807, 2.05) is 30.3 Å². The van der Waals surface area contributed by atoms with E-state index >= 15 is 0 Å². The molecule has 3 aromatic carbocycles. The average Bonchev–Trinajstić information content (AvgIpc) is 2.70. The first-order chi connectivity index (χ1) is 11.9. The summed E-state index contributed by atoms with van der Waals surface area (Å²) in [4.78, 5) is 0. The number of benzene rings is 3. The van der Waals surface area contributed by atoms with Crippen LogP contribution in [0.25, 0.3) is 11.3 Å². The van der Waals surface area contributed by atoms with Gasteiger partial charge in [0.2, 0.25) is 0 Å². The fourth-order valence-electron chi connectivity index (χ4n) is 2.93.